The van der Waals surface area contributed by atoms with Crippen LogP contribution in [0.25, 0.3) is 0 Å². The largest absolute Gasteiger partial charge is 0.306 e. The van der Waals surface area contributed by atoms with E-state index in [0.29, 0.717) is 18.7 Å². The predicted octanol–water partition coefficient (Wildman–Crippen LogP) is 3.17. The lowest BCUT2D eigenvalue weighted by Crippen LogP contribution is -2.23. The topological polar surface area (TPSA) is 29.1 Å². The second-order valence-corrected chi connectivity index (χ2v) is 5.69. The highest BCUT2D eigenvalue weighted by Crippen LogP contribution is 2.20. The van der Waals surface area contributed by atoms with Crippen LogP contribution in [0.15, 0.2) is 30.3 Å². The molecule has 2 nitrogen and oxygen atoms in total. The highest BCUT2D eigenvalue weighted by molar-refractivity contribution is 5.80. The summed E-state index contributed by atoms with van der Waals surface area (Å²) in [6.45, 7) is 7.74. The van der Waals surface area contributed by atoms with Crippen LogP contribution in [-0.2, 0) is 11.3 Å². The van der Waals surface area contributed by atoms with E-state index in [0.717, 1.165) is 13.0 Å². The Hall–Kier alpha value is -1.15. The molecule has 0 aliphatic rings. The van der Waals surface area contributed by atoms with Crippen LogP contribution in [0.5, 0.6) is 0 Å². The van der Waals surface area contributed by atoms with Crippen LogP contribution in [0.3, 0.4) is 0 Å². The first kappa shape index (κ1) is 13.9. The quantitative estimate of drug-likeness (QED) is 0.817. The van der Waals surface area contributed by atoms with Gasteiger partial charge in [-0.2, -0.15) is 0 Å². The molecule has 0 unspecified atom stereocenters. The van der Waals surface area contributed by atoms with Crippen molar-refractivity contribution in [1.82, 2.24) is 5.32 Å². The van der Waals surface area contributed by atoms with Gasteiger partial charge in [-0.3, -0.25) is 4.79 Å². The second-order valence-electron chi connectivity index (χ2n) is 5.69. The zero-order chi connectivity index (χ0) is 12.7. The minimum absolute atomic E-state index is 0.245. The van der Waals surface area contributed by atoms with Crippen molar-refractivity contribution >= 4 is 5.78 Å². The first-order chi connectivity index (χ1) is 7.97. The molecule has 0 bridgehead atoms. The van der Waals surface area contributed by atoms with Crippen molar-refractivity contribution in [3.8, 4) is 0 Å². The summed E-state index contributed by atoms with van der Waals surface area (Å²) in [6.07, 6.45) is 1.63. The molecule has 1 aromatic carbocycles. The summed E-state index contributed by atoms with van der Waals surface area (Å²) >= 11 is 0. The van der Waals surface area contributed by atoms with Crippen molar-refractivity contribution in [1.29, 1.82) is 0 Å². The number of hydrogen-bond donors (Lipinski definition) is 1. The Morgan fingerprint density at radius 1 is 1.18 bits per heavy atom. The molecule has 0 heterocycles. The van der Waals surface area contributed by atoms with Crippen LogP contribution in [0.1, 0.15) is 39.2 Å². The number of nitrogens with one attached hydrogen (secondary N) is 1. The molecule has 0 fully saturated rings. The maximum atomic E-state index is 11.6. The van der Waals surface area contributed by atoms with Gasteiger partial charge in [-0.05, 0) is 17.4 Å². The number of ketones is 1. The summed E-state index contributed by atoms with van der Waals surface area (Å²) in [5.41, 5.74) is 1.46. The number of carbonyl (C=O) groups is 1. The highest BCUT2D eigenvalue weighted by atomic mass is 16.1. The fourth-order valence-corrected chi connectivity index (χ4v) is 1.54. The van der Waals surface area contributed by atoms with Gasteiger partial charge in [0.25, 0.3) is 0 Å². The predicted molar refractivity (Wildman–Crippen MR) is 71.8 cm³/mol. The van der Waals surface area contributed by atoms with E-state index in [2.05, 4.69) is 38.2 Å². The van der Waals surface area contributed by atoms with Crippen LogP contribution < -0.4 is 5.32 Å². The fourth-order valence-electron chi connectivity index (χ4n) is 1.54. The van der Waals surface area contributed by atoms with E-state index in [1.165, 1.54) is 5.56 Å². The van der Waals surface area contributed by atoms with E-state index in [1.54, 1.807) is 0 Å². The Morgan fingerprint density at radius 3 is 2.41 bits per heavy atom. The Kier molecular flexibility index (Phi) is 5.36. The minimum Gasteiger partial charge on any atom is -0.306 e. The summed E-state index contributed by atoms with van der Waals surface area (Å²) in [7, 11) is 0. The first-order valence-electron chi connectivity index (χ1n) is 6.24. The van der Waals surface area contributed by atoms with Gasteiger partial charge in [0, 0.05) is 13.0 Å². The van der Waals surface area contributed by atoms with Gasteiger partial charge in [-0.15, -0.1) is 0 Å². The molecule has 0 atom stereocenters. The molecule has 0 spiro atoms. The Morgan fingerprint density at radius 2 is 1.82 bits per heavy atom. The van der Waals surface area contributed by atoms with Gasteiger partial charge < -0.3 is 5.32 Å². The van der Waals surface area contributed by atoms with Crippen molar-refractivity contribution in [2.24, 2.45) is 5.41 Å². The summed E-state index contributed by atoms with van der Waals surface area (Å²) in [4.78, 5) is 11.6. The number of carbonyl (C=O) groups excluding carboxylic acids is 1. The average molecular weight is 233 g/mol. The average Bonchev–Trinajstić information content (AvgIpc) is 2.27. The number of Topliss-reactive ketones (excluding diaryl/α,β-unsaturated/α-hetero) is 1. The van der Waals surface area contributed by atoms with Gasteiger partial charge in [-0.25, -0.2) is 0 Å². The smallest absolute Gasteiger partial charge is 0.146 e. The molecular formula is C15H23NO. The molecule has 1 N–H and O–H groups in total. The number of benzene rings is 1. The monoisotopic (exact) mass is 233 g/mol. The molecule has 0 aliphatic carbocycles. The van der Waals surface area contributed by atoms with E-state index < -0.39 is 0 Å². The second kappa shape index (κ2) is 6.55. The summed E-state index contributed by atoms with van der Waals surface area (Å²) in [5, 5.41) is 3.19. The molecule has 17 heavy (non-hydrogen) atoms. The third-order valence-corrected chi connectivity index (χ3v) is 2.65. The number of rotatable bonds is 6. The van der Waals surface area contributed by atoms with Crippen LogP contribution in [0.4, 0.5) is 0 Å². The van der Waals surface area contributed by atoms with Crippen LogP contribution in [-0.4, -0.2) is 12.3 Å². The zero-order valence-corrected chi connectivity index (χ0v) is 11.1. The third-order valence-electron chi connectivity index (χ3n) is 2.65. The number of hydrogen-bond acceptors (Lipinski definition) is 2. The van der Waals surface area contributed by atoms with E-state index in [4.69, 9.17) is 0 Å². The lowest BCUT2D eigenvalue weighted by Gasteiger charge is -2.17. The molecule has 0 aliphatic heterocycles. The van der Waals surface area contributed by atoms with Crippen molar-refractivity contribution in [2.45, 2.75) is 40.2 Å². The molecule has 0 saturated heterocycles. The molecule has 94 valence electrons. The lowest BCUT2D eigenvalue weighted by molar-refractivity contribution is -0.118. The van der Waals surface area contributed by atoms with Gasteiger partial charge >= 0.3 is 0 Å². The van der Waals surface area contributed by atoms with Gasteiger partial charge in [0.15, 0.2) is 0 Å². The molecule has 1 rings (SSSR count). The van der Waals surface area contributed by atoms with E-state index in [1.807, 2.05) is 18.2 Å². The van der Waals surface area contributed by atoms with Crippen molar-refractivity contribution < 1.29 is 4.79 Å². The van der Waals surface area contributed by atoms with Crippen molar-refractivity contribution in [3.63, 3.8) is 0 Å². The van der Waals surface area contributed by atoms with E-state index in [9.17, 15) is 4.79 Å². The molecule has 1 aromatic rings. The van der Waals surface area contributed by atoms with Gasteiger partial charge in [0.1, 0.15) is 5.78 Å². The minimum atomic E-state index is 0.245. The maximum Gasteiger partial charge on any atom is 0.146 e. The normalized spacial score (nSPS) is 11.5. The van der Waals surface area contributed by atoms with E-state index in [-0.39, 0.29) is 5.41 Å². The van der Waals surface area contributed by atoms with Gasteiger partial charge in [-0.1, -0.05) is 51.1 Å². The van der Waals surface area contributed by atoms with Crippen LogP contribution in [0, 0.1) is 5.41 Å². The van der Waals surface area contributed by atoms with Gasteiger partial charge in [0.05, 0.1) is 6.54 Å². The maximum absolute atomic E-state index is 11.6. The molecule has 0 aromatic heterocycles. The zero-order valence-electron chi connectivity index (χ0n) is 11.1. The molecular weight excluding hydrogens is 210 g/mol. The molecule has 0 radical (unpaired) electrons. The third kappa shape index (κ3) is 6.90. The summed E-state index contributed by atoms with van der Waals surface area (Å²) in [5.74, 6) is 0.302. The van der Waals surface area contributed by atoms with E-state index >= 15 is 0 Å². The SMILES string of the molecule is CC(C)(C)CCC(=O)CNCc1ccccc1. The molecule has 0 saturated carbocycles. The van der Waals surface area contributed by atoms with Gasteiger partial charge in [0.2, 0.25) is 0 Å². The molecule has 2 heteroatoms. The standard InChI is InChI=1S/C15H23NO/c1-15(2,3)10-9-14(17)12-16-11-13-7-5-4-6-8-13/h4-8,16H,9-12H2,1-3H3. The Bertz CT molecular complexity index is 338. The molecule has 0 amide bonds. The van der Waals surface area contributed by atoms with Crippen LogP contribution in [0.2, 0.25) is 0 Å². The highest BCUT2D eigenvalue weighted by Gasteiger charge is 2.12. The first-order valence-corrected chi connectivity index (χ1v) is 6.24. The Balaban J connectivity index is 2.17. The van der Waals surface area contributed by atoms with Crippen LogP contribution >= 0.6 is 0 Å². The van der Waals surface area contributed by atoms with Crippen molar-refractivity contribution in [3.05, 3.63) is 35.9 Å². The van der Waals surface area contributed by atoms with Crippen molar-refractivity contribution in [2.75, 3.05) is 6.54 Å². The summed E-state index contributed by atoms with van der Waals surface area (Å²) in [6, 6.07) is 10.1. The lowest BCUT2D eigenvalue weighted by atomic mass is 9.89. The Labute approximate surface area is 104 Å². The summed E-state index contributed by atoms with van der Waals surface area (Å²) < 4.78 is 0. The fraction of sp³-hybridized carbons (Fsp3) is 0.533.